The van der Waals surface area contributed by atoms with E-state index in [1.807, 2.05) is 63.4 Å². The molecule has 454 valence electrons. The molecular weight excluding hydrogens is 1030 g/mol. The van der Waals surface area contributed by atoms with Gasteiger partial charge < -0.3 is 53.8 Å². The minimum atomic E-state index is -0.784. The van der Waals surface area contributed by atoms with E-state index in [9.17, 15) is 24.0 Å². The van der Waals surface area contributed by atoms with Gasteiger partial charge in [-0.05, 0) is 129 Å². The van der Waals surface area contributed by atoms with Crippen LogP contribution in [0.2, 0.25) is 0 Å². The number of amides is 5. The number of rotatable bonds is 27. The van der Waals surface area contributed by atoms with Crippen LogP contribution in [0.1, 0.15) is 141 Å². The fraction of sp³-hybridized carbons (Fsp3) is 0.730. The number of likely N-dealkylation sites (tertiary alicyclic amines) is 1. The summed E-state index contributed by atoms with van der Waals surface area (Å²) in [7, 11) is 15.3. The van der Waals surface area contributed by atoms with Gasteiger partial charge in [-0.15, -0.1) is 0 Å². The molecule has 2 saturated heterocycles. The van der Waals surface area contributed by atoms with Crippen molar-refractivity contribution in [2.45, 2.75) is 168 Å². The molecule has 0 saturated carbocycles. The molecule has 3 unspecified atom stereocenters. The molecule has 0 aromatic heterocycles. The molecule has 18 heteroatoms. The Hall–Kier alpha value is -5.17. The van der Waals surface area contributed by atoms with Crippen molar-refractivity contribution in [2.75, 3.05) is 96.5 Å². The van der Waals surface area contributed by atoms with Gasteiger partial charge in [-0.3, -0.25) is 33.8 Å². The first kappa shape index (κ1) is 65.0. The van der Waals surface area contributed by atoms with Crippen molar-refractivity contribution < 1.29 is 52.4 Å². The number of likely N-dealkylation sites (N-methyl/N-ethyl adjacent to an activating group) is 2. The molecule has 5 amide bonds. The molecule has 2 N–H and O–H groups in total. The van der Waals surface area contributed by atoms with E-state index in [1.54, 1.807) is 54.6 Å². The third kappa shape index (κ3) is 14.6. The lowest BCUT2D eigenvalue weighted by molar-refractivity contribution is -0.148. The van der Waals surface area contributed by atoms with Crippen molar-refractivity contribution in [1.29, 1.82) is 0 Å². The minimum Gasteiger partial charge on any atom is -0.493 e. The number of piperidine rings is 1. The van der Waals surface area contributed by atoms with Crippen LogP contribution in [0.3, 0.4) is 0 Å². The maximum absolute atomic E-state index is 14.7. The summed E-state index contributed by atoms with van der Waals surface area (Å²) in [6, 6.07) is 6.37. The molecule has 6 rings (SSSR count). The van der Waals surface area contributed by atoms with Gasteiger partial charge in [0.1, 0.15) is 6.04 Å². The predicted molar refractivity (Wildman–Crippen MR) is 315 cm³/mol. The van der Waals surface area contributed by atoms with Gasteiger partial charge in [0.2, 0.25) is 29.5 Å². The highest BCUT2D eigenvalue weighted by Crippen LogP contribution is 2.49. The van der Waals surface area contributed by atoms with Crippen LogP contribution in [0, 0.1) is 35.5 Å². The summed E-state index contributed by atoms with van der Waals surface area (Å²) in [5.41, 5.74) is 4.80. The summed E-state index contributed by atoms with van der Waals surface area (Å²) in [5, 5.41) is 6.15. The molecule has 18 nitrogen and oxygen atoms in total. The van der Waals surface area contributed by atoms with Crippen LogP contribution in [-0.4, -0.2) is 187 Å². The summed E-state index contributed by atoms with van der Waals surface area (Å²) >= 11 is 0. The van der Waals surface area contributed by atoms with Gasteiger partial charge in [0.25, 0.3) is 0 Å². The number of hydrogen-bond acceptors (Lipinski definition) is 13. The SMILES string of the molecule is CC[C@H]1CN2CCc3cc(OC)c(OC)cc3C2C[C@@H]1C[C@@H]1c2cc(OC)c(OC)cc2CCN1C(=O)CCNC(=O)[C@H](C)[C@@H](OC)C1CCCN1C(=O)C[C@@H](OC)[C@H]([C@@H](C)CC)N(C)C(=O)[C@@H](NC(=O)C(C(C)C)N(C)C)C(C)C. The normalized spacial score (nSPS) is 22.6. The van der Waals surface area contributed by atoms with E-state index >= 15 is 0 Å². The van der Waals surface area contributed by atoms with Crippen LogP contribution in [-0.2, 0) is 46.3 Å². The predicted octanol–water partition coefficient (Wildman–Crippen LogP) is 7.34. The van der Waals surface area contributed by atoms with Crippen LogP contribution < -0.4 is 29.6 Å². The summed E-state index contributed by atoms with van der Waals surface area (Å²) in [5.74, 6) is 1.78. The first-order valence-corrected chi connectivity index (χ1v) is 30.0. The van der Waals surface area contributed by atoms with E-state index in [0.717, 1.165) is 74.2 Å². The highest BCUT2D eigenvalue weighted by Gasteiger charge is 2.45. The number of carbonyl (C=O) groups excluding carboxylic acids is 5. The Morgan fingerprint density at radius 2 is 1.31 bits per heavy atom. The second-order valence-corrected chi connectivity index (χ2v) is 24.3. The van der Waals surface area contributed by atoms with E-state index in [-0.39, 0.29) is 84.8 Å². The molecule has 81 heavy (non-hydrogen) atoms. The maximum Gasteiger partial charge on any atom is 0.245 e. The highest BCUT2D eigenvalue weighted by molar-refractivity contribution is 5.90. The van der Waals surface area contributed by atoms with Crippen molar-refractivity contribution in [1.82, 2.24) is 35.1 Å². The van der Waals surface area contributed by atoms with E-state index in [0.29, 0.717) is 49.3 Å². The number of nitrogens with one attached hydrogen (secondary N) is 2. The van der Waals surface area contributed by atoms with Crippen molar-refractivity contribution in [3.63, 3.8) is 0 Å². The van der Waals surface area contributed by atoms with Crippen molar-refractivity contribution >= 4 is 29.5 Å². The molecule has 0 bridgehead atoms. The monoisotopic (exact) mass is 1130 g/mol. The van der Waals surface area contributed by atoms with Crippen LogP contribution in [0.25, 0.3) is 0 Å². The van der Waals surface area contributed by atoms with Gasteiger partial charge in [0.15, 0.2) is 23.0 Å². The number of ether oxygens (including phenoxy) is 6. The molecule has 12 atom stereocenters. The zero-order valence-corrected chi connectivity index (χ0v) is 52.2. The summed E-state index contributed by atoms with van der Waals surface area (Å²) in [6.45, 7) is 19.1. The van der Waals surface area contributed by atoms with Gasteiger partial charge in [-0.25, -0.2) is 0 Å². The lowest BCUT2D eigenvalue weighted by Crippen LogP contribution is -2.59. The molecule has 0 radical (unpaired) electrons. The molecule has 0 aliphatic carbocycles. The third-order valence-electron chi connectivity index (χ3n) is 18.7. The number of fused-ring (bicyclic) bond motifs is 4. The van der Waals surface area contributed by atoms with Gasteiger partial charge in [-0.2, -0.15) is 0 Å². The second kappa shape index (κ2) is 29.4. The zero-order chi connectivity index (χ0) is 59.6. The number of nitrogens with zero attached hydrogens (tertiary/aromatic N) is 5. The largest absolute Gasteiger partial charge is 0.493 e. The number of hydrogen-bond donors (Lipinski definition) is 2. The van der Waals surface area contributed by atoms with Crippen molar-refractivity contribution in [3.8, 4) is 23.0 Å². The van der Waals surface area contributed by atoms with E-state index in [2.05, 4.69) is 60.6 Å². The molecule has 2 aromatic carbocycles. The van der Waals surface area contributed by atoms with Crippen molar-refractivity contribution in [3.05, 3.63) is 46.5 Å². The van der Waals surface area contributed by atoms with E-state index in [4.69, 9.17) is 28.4 Å². The molecule has 2 fully saturated rings. The van der Waals surface area contributed by atoms with Gasteiger partial charge in [-0.1, -0.05) is 68.2 Å². The summed E-state index contributed by atoms with van der Waals surface area (Å²) in [6.07, 6.45) is 5.31. The third-order valence-corrected chi connectivity index (χ3v) is 18.7. The second-order valence-electron chi connectivity index (χ2n) is 24.3. The van der Waals surface area contributed by atoms with Crippen LogP contribution in [0.5, 0.6) is 23.0 Å². The topological polar surface area (TPSA) is 181 Å². The Kier molecular flexibility index (Phi) is 23.6. The lowest BCUT2D eigenvalue weighted by Gasteiger charge is -2.49. The summed E-state index contributed by atoms with van der Waals surface area (Å²) < 4.78 is 35.4. The fourth-order valence-corrected chi connectivity index (χ4v) is 14.1. The number of carbonyl (C=O) groups is 5. The van der Waals surface area contributed by atoms with Gasteiger partial charge in [0, 0.05) is 66.5 Å². The molecule has 2 aromatic rings. The Balaban J connectivity index is 1.14. The average molecular weight is 1130 g/mol. The molecular formula is C63H101N7O11. The Bertz CT molecular complexity index is 2450. The Labute approximate surface area is 484 Å². The Morgan fingerprint density at radius 1 is 0.704 bits per heavy atom. The number of benzene rings is 2. The molecule has 0 spiro atoms. The minimum absolute atomic E-state index is 0.00744. The maximum atomic E-state index is 14.7. The zero-order valence-electron chi connectivity index (χ0n) is 52.2. The van der Waals surface area contributed by atoms with E-state index < -0.39 is 36.3 Å². The van der Waals surface area contributed by atoms with E-state index in [1.165, 1.54) is 11.1 Å². The molecule has 4 aliphatic heterocycles. The quantitative estimate of drug-likeness (QED) is 0.0909. The highest BCUT2D eigenvalue weighted by atomic mass is 16.5. The number of methoxy groups -OCH3 is 6. The van der Waals surface area contributed by atoms with Crippen LogP contribution >= 0.6 is 0 Å². The standard InChI is InChI=1S/C63H101N7O11/c1-18-39(7)59(67(11)63(75)57(37(3)4)65-62(74)58(38(5)6)66(9)10)54(80-16)35-56(72)69-26-20-21-47(69)60(81-17)40(8)61(73)64-25-22-55(71)70-28-24-43-32-51(77-13)53(79-15)34-46(43)49(70)30-44-29-48-45-33-52(78-14)50(76-12)31-42(45)23-27-68(48)36-41(44)19-2/h31-34,37-41,44,47-49,54,57-60H,18-30,35-36H2,1-17H3,(H,64,73)(H,65,74)/t39-,40+,41-,44+,47?,48?,49+,54+,57-,58?,59-,60+/m0/s1. The first-order valence-electron chi connectivity index (χ1n) is 30.0. The average Bonchev–Trinajstić information content (AvgIpc) is 3.94. The van der Waals surface area contributed by atoms with Gasteiger partial charge in [0.05, 0.1) is 77.2 Å². The van der Waals surface area contributed by atoms with Crippen LogP contribution in [0.4, 0.5) is 0 Å². The smallest absolute Gasteiger partial charge is 0.245 e. The lowest BCUT2D eigenvalue weighted by atomic mass is 9.72. The first-order chi connectivity index (χ1) is 38.6. The van der Waals surface area contributed by atoms with Crippen LogP contribution in [0.15, 0.2) is 24.3 Å². The Morgan fingerprint density at radius 3 is 1.86 bits per heavy atom. The van der Waals surface area contributed by atoms with Gasteiger partial charge >= 0.3 is 0 Å². The summed E-state index contributed by atoms with van der Waals surface area (Å²) in [4.78, 5) is 81.6. The van der Waals surface area contributed by atoms with Crippen molar-refractivity contribution in [2.24, 2.45) is 35.5 Å². The molecule has 4 aliphatic rings. The molecule has 4 heterocycles. The fourth-order valence-electron chi connectivity index (χ4n) is 14.1.